The summed E-state index contributed by atoms with van der Waals surface area (Å²) >= 11 is 0. The molecule has 0 unspecified atom stereocenters. The normalized spacial score (nSPS) is 14.8. The Bertz CT molecular complexity index is 1330. The molecule has 0 amide bonds. The zero-order chi connectivity index (χ0) is 23.8. The SMILES string of the molecule is CC(C)c1cc2nc(-c3cnn(C)c3)c(N3CCC(Oc4ccc(F)cc4F)CC3)nc2cn1. The number of benzene rings is 1. The predicted octanol–water partition coefficient (Wildman–Crippen LogP) is 4.87. The van der Waals surface area contributed by atoms with Gasteiger partial charge in [-0.25, -0.2) is 18.7 Å². The number of ether oxygens (including phenoxy) is 1. The van der Waals surface area contributed by atoms with E-state index >= 15 is 0 Å². The molecule has 0 N–H and O–H groups in total. The van der Waals surface area contributed by atoms with Crippen LogP contribution in [0.25, 0.3) is 22.3 Å². The minimum Gasteiger partial charge on any atom is -0.487 e. The van der Waals surface area contributed by atoms with Gasteiger partial charge in [0.25, 0.3) is 0 Å². The number of hydrogen-bond acceptors (Lipinski definition) is 6. The maximum Gasteiger partial charge on any atom is 0.167 e. The van der Waals surface area contributed by atoms with Gasteiger partial charge in [-0.05, 0) is 24.1 Å². The predicted molar refractivity (Wildman–Crippen MR) is 126 cm³/mol. The molecule has 176 valence electrons. The second kappa shape index (κ2) is 8.96. The summed E-state index contributed by atoms with van der Waals surface area (Å²) in [7, 11) is 1.87. The molecule has 3 aromatic heterocycles. The van der Waals surface area contributed by atoms with Crippen molar-refractivity contribution in [1.29, 1.82) is 0 Å². The number of aromatic nitrogens is 5. The van der Waals surface area contributed by atoms with E-state index in [0.29, 0.717) is 25.9 Å². The van der Waals surface area contributed by atoms with Crippen molar-refractivity contribution in [2.75, 3.05) is 18.0 Å². The van der Waals surface area contributed by atoms with Crippen LogP contribution in [0.2, 0.25) is 0 Å². The maximum atomic E-state index is 14.0. The molecule has 1 aliphatic rings. The van der Waals surface area contributed by atoms with Crippen LogP contribution in [0.3, 0.4) is 0 Å². The summed E-state index contributed by atoms with van der Waals surface area (Å²) in [6.07, 6.45) is 6.68. The molecule has 0 atom stereocenters. The lowest BCUT2D eigenvalue weighted by Gasteiger charge is -2.33. The van der Waals surface area contributed by atoms with Crippen molar-refractivity contribution in [3.05, 3.63) is 60.2 Å². The summed E-state index contributed by atoms with van der Waals surface area (Å²) in [5.41, 5.74) is 4.16. The van der Waals surface area contributed by atoms with Gasteiger partial charge in [-0.15, -0.1) is 0 Å². The van der Waals surface area contributed by atoms with E-state index in [2.05, 4.69) is 28.8 Å². The molecule has 4 heterocycles. The van der Waals surface area contributed by atoms with Crippen LogP contribution in [0.4, 0.5) is 14.6 Å². The molecule has 1 aliphatic heterocycles. The van der Waals surface area contributed by atoms with Crippen molar-refractivity contribution in [3.8, 4) is 17.0 Å². The summed E-state index contributed by atoms with van der Waals surface area (Å²) in [6.45, 7) is 5.53. The lowest BCUT2D eigenvalue weighted by atomic mass is 10.1. The number of rotatable bonds is 5. The molecule has 5 rings (SSSR count). The third-order valence-corrected chi connectivity index (χ3v) is 6.05. The lowest BCUT2D eigenvalue weighted by molar-refractivity contribution is 0.163. The van der Waals surface area contributed by atoms with Gasteiger partial charge < -0.3 is 9.64 Å². The molecule has 0 aliphatic carbocycles. The summed E-state index contributed by atoms with van der Waals surface area (Å²) in [4.78, 5) is 16.6. The van der Waals surface area contributed by atoms with E-state index in [9.17, 15) is 8.78 Å². The Hall–Kier alpha value is -3.62. The fourth-order valence-electron chi connectivity index (χ4n) is 4.18. The van der Waals surface area contributed by atoms with Crippen LogP contribution in [0.1, 0.15) is 38.3 Å². The Labute approximate surface area is 196 Å². The Kier molecular flexibility index (Phi) is 5.85. The first-order valence-electron chi connectivity index (χ1n) is 11.4. The van der Waals surface area contributed by atoms with E-state index in [0.717, 1.165) is 39.9 Å². The number of fused-ring (bicyclic) bond motifs is 1. The quantitative estimate of drug-likeness (QED) is 0.420. The first kappa shape index (κ1) is 22.2. The van der Waals surface area contributed by atoms with Crippen molar-refractivity contribution in [1.82, 2.24) is 24.7 Å². The van der Waals surface area contributed by atoms with Gasteiger partial charge in [0.1, 0.15) is 23.1 Å². The number of pyridine rings is 1. The molecular formula is C25H26F2N6O. The molecule has 0 saturated carbocycles. The first-order valence-corrected chi connectivity index (χ1v) is 11.4. The van der Waals surface area contributed by atoms with E-state index in [4.69, 9.17) is 14.7 Å². The van der Waals surface area contributed by atoms with Gasteiger partial charge in [0.2, 0.25) is 0 Å². The van der Waals surface area contributed by atoms with E-state index in [1.54, 1.807) is 17.1 Å². The zero-order valence-electron chi connectivity index (χ0n) is 19.4. The number of piperidine rings is 1. The van der Waals surface area contributed by atoms with Crippen molar-refractivity contribution in [3.63, 3.8) is 0 Å². The highest BCUT2D eigenvalue weighted by Crippen LogP contribution is 2.32. The number of aryl methyl sites for hydroxylation is 1. The molecule has 1 saturated heterocycles. The fourth-order valence-corrected chi connectivity index (χ4v) is 4.18. The highest BCUT2D eigenvalue weighted by Gasteiger charge is 2.26. The molecule has 7 nitrogen and oxygen atoms in total. The van der Waals surface area contributed by atoms with Crippen LogP contribution >= 0.6 is 0 Å². The Balaban J connectivity index is 1.43. The van der Waals surface area contributed by atoms with Crippen LogP contribution in [0.5, 0.6) is 5.75 Å². The minimum atomic E-state index is -0.685. The Morgan fingerprint density at radius 2 is 1.82 bits per heavy atom. The highest BCUT2D eigenvalue weighted by molar-refractivity contribution is 5.83. The highest BCUT2D eigenvalue weighted by atomic mass is 19.1. The molecule has 0 bridgehead atoms. The van der Waals surface area contributed by atoms with E-state index in [1.165, 1.54) is 12.1 Å². The lowest BCUT2D eigenvalue weighted by Crippen LogP contribution is -2.39. The van der Waals surface area contributed by atoms with Gasteiger partial charge in [0.15, 0.2) is 17.4 Å². The molecule has 0 radical (unpaired) electrons. The first-order chi connectivity index (χ1) is 16.4. The van der Waals surface area contributed by atoms with Crippen LogP contribution < -0.4 is 9.64 Å². The van der Waals surface area contributed by atoms with Gasteiger partial charge in [0.05, 0.1) is 17.9 Å². The van der Waals surface area contributed by atoms with E-state index in [-0.39, 0.29) is 17.8 Å². The van der Waals surface area contributed by atoms with Gasteiger partial charge >= 0.3 is 0 Å². The van der Waals surface area contributed by atoms with Crippen molar-refractivity contribution in [2.45, 2.75) is 38.7 Å². The monoisotopic (exact) mass is 464 g/mol. The van der Waals surface area contributed by atoms with Crippen LogP contribution in [0, 0.1) is 11.6 Å². The molecule has 4 aromatic rings. The smallest absolute Gasteiger partial charge is 0.167 e. The van der Waals surface area contributed by atoms with E-state index < -0.39 is 11.6 Å². The summed E-state index contributed by atoms with van der Waals surface area (Å²) in [5, 5.41) is 4.31. The number of anilines is 1. The number of halogens is 2. The molecule has 9 heteroatoms. The fraction of sp³-hybridized carbons (Fsp3) is 0.360. The van der Waals surface area contributed by atoms with Crippen LogP contribution in [-0.2, 0) is 7.05 Å². The molecule has 1 fully saturated rings. The van der Waals surface area contributed by atoms with Gasteiger partial charge in [-0.3, -0.25) is 9.67 Å². The van der Waals surface area contributed by atoms with Crippen LogP contribution in [0.15, 0.2) is 42.9 Å². The Morgan fingerprint density at radius 3 is 2.50 bits per heavy atom. The van der Waals surface area contributed by atoms with E-state index in [1.807, 2.05) is 19.3 Å². The topological polar surface area (TPSA) is 69.0 Å². The van der Waals surface area contributed by atoms with Crippen molar-refractivity contribution >= 4 is 16.9 Å². The van der Waals surface area contributed by atoms with Crippen molar-refractivity contribution in [2.24, 2.45) is 7.05 Å². The average molecular weight is 465 g/mol. The van der Waals surface area contributed by atoms with Gasteiger partial charge in [0, 0.05) is 56.5 Å². The second-order valence-corrected chi connectivity index (χ2v) is 8.93. The Morgan fingerprint density at radius 1 is 1.03 bits per heavy atom. The zero-order valence-corrected chi connectivity index (χ0v) is 19.4. The molecule has 0 spiro atoms. The third kappa shape index (κ3) is 4.42. The second-order valence-electron chi connectivity index (χ2n) is 8.93. The third-order valence-electron chi connectivity index (χ3n) is 6.05. The maximum absolute atomic E-state index is 14.0. The van der Waals surface area contributed by atoms with Gasteiger partial charge in [-0.2, -0.15) is 5.10 Å². The largest absolute Gasteiger partial charge is 0.487 e. The minimum absolute atomic E-state index is 0.0772. The summed E-state index contributed by atoms with van der Waals surface area (Å²) < 4.78 is 34.8. The number of hydrogen-bond donors (Lipinski definition) is 0. The molecule has 34 heavy (non-hydrogen) atoms. The summed E-state index contributed by atoms with van der Waals surface area (Å²) in [6, 6.07) is 5.38. The van der Waals surface area contributed by atoms with Crippen molar-refractivity contribution < 1.29 is 13.5 Å². The van der Waals surface area contributed by atoms with Crippen LogP contribution in [-0.4, -0.2) is 43.9 Å². The number of nitrogens with zero attached hydrogens (tertiary/aromatic N) is 6. The standard InChI is InChI=1S/C25H26F2N6O/c1-15(2)20-11-21-22(13-28-20)31-25(24(30-21)16-12-29-32(3)14-16)33-8-6-18(7-9-33)34-23-5-4-17(26)10-19(23)27/h4-5,10-15,18H,6-9H2,1-3H3. The average Bonchev–Trinajstić information content (AvgIpc) is 3.26. The van der Waals surface area contributed by atoms with Gasteiger partial charge in [-0.1, -0.05) is 13.8 Å². The summed E-state index contributed by atoms with van der Waals surface area (Å²) in [5.74, 6) is -0.167. The molecular weight excluding hydrogens is 438 g/mol. The molecule has 1 aromatic carbocycles.